The van der Waals surface area contributed by atoms with Gasteiger partial charge < -0.3 is 25.2 Å². The molecule has 1 atom stereocenters. The summed E-state index contributed by atoms with van der Waals surface area (Å²) in [6.07, 6.45) is 1.85. The number of nitrogens with one attached hydrogen (secondary N) is 2. The van der Waals surface area contributed by atoms with Crippen molar-refractivity contribution in [3.63, 3.8) is 0 Å². The first-order valence-electron chi connectivity index (χ1n) is 6.85. The minimum absolute atomic E-state index is 0.00791. The van der Waals surface area contributed by atoms with E-state index >= 15 is 0 Å². The fourth-order valence-electron chi connectivity index (χ4n) is 1.81. The van der Waals surface area contributed by atoms with Crippen molar-refractivity contribution < 1.29 is 24.2 Å². The summed E-state index contributed by atoms with van der Waals surface area (Å²) in [6.45, 7) is 1.59. The van der Waals surface area contributed by atoms with Gasteiger partial charge in [-0.05, 0) is 25.3 Å². The smallest absolute Gasteiger partial charge is 0.313 e. The Bertz CT molecular complexity index is 563. The zero-order valence-corrected chi connectivity index (χ0v) is 14.5. The van der Waals surface area contributed by atoms with Crippen LogP contribution in [0.1, 0.15) is 6.92 Å². The molecule has 1 rings (SSSR count). The number of methoxy groups -OCH3 is 2. The lowest BCUT2D eigenvalue weighted by Gasteiger charge is -2.22. The number of ether oxygens (including phenoxy) is 2. The summed E-state index contributed by atoms with van der Waals surface area (Å²) in [6, 6.07) is 4.76. The quantitative estimate of drug-likeness (QED) is 0.636. The molecule has 2 amide bonds. The Hall–Kier alpha value is -1.93. The van der Waals surface area contributed by atoms with Crippen LogP contribution in [-0.2, 0) is 9.59 Å². The van der Waals surface area contributed by atoms with E-state index in [1.54, 1.807) is 25.1 Å². The van der Waals surface area contributed by atoms with E-state index in [0.717, 1.165) is 0 Å². The Morgan fingerprint density at radius 1 is 1.22 bits per heavy atom. The van der Waals surface area contributed by atoms with Gasteiger partial charge in [0.25, 0.3) is 0 Å². The van der Waals surface area contributed by atoms with Gasteiger partial charge in [-0.15, -0.1) is 0 Å². The normalized spacial score (nSPS) is 12.9. The Labute approximate surface area is 139 Å². The molecule has 128 valence electrons. The van der Waals surface area contributed by atoms with E-state index < -0.39 is 17.4 Å². The Morgan fingerprint density at radius 3 is 2.43 bits per heavy atom. The van der Waals surface area contributed by atoms with E-state index in [9.17, 15) is 14.7 Å². The van der Waals surface area contributed by atoms with Gasteiger partial charge in [0, 0.05) is 24.1 Å². The van der Waals surface area contributed by atoms with Crippen LogP contribution in [0, 0.1) is 0 Å². The van der Waals surface area contributed by atoms with Gasteiger partial charge in [-0.25, -0.2) is 0 Å². The first-order chi connectivity index (χ1) is 10.8. The Balaban J connectivity index is 2.63. The number of rotatable bonds is 7. The number of carbonyl (C=O) groups is 2. The molecule has 0 heterocycles. The lowest BCUT2D eigenvalue weighted by molar-refractivity contribution is -0.136. The standard InChI is InChI=1S/C15H22N2O5S/c1-15(20,9-23-4)8-16-13(18)14(19)17-10-5-6-11(21-2)12(7-10)22-3/h5-7,20H,8-9H2,1-4H3,(H,16,18)(H,17,19)/t15-/m0/s1. The fourth-order valence-corrected chi connectivity index (χ4v) is 2.54. The van der Waals surface area contributed by atoms with Gasteiger partial charge in [-0.1, -0.05) is 0 Å². The lowest BCUT2D eigenvalue weighted by atomic mass is 10.1. The maximum absolute atomic E-state index is 11.9. The van der Waals surface area contributed by atoms with Crippen molar-refractivity contribution in [1.29, 1.82) is 0 Å². The lowest BCUT2D eigenvalue weighted by Crippen LogP contribution is -2.45. The molecule has 0 unspecified atom stereocenters. The molecule has 0 aromatic heterocycles. The zero-order valence-electron chi connectivity index (χ0n) is 13.6. The number of anilines is 1. The molecular formula is C15H22N2O5S. The largest absolute Gasteiger partial charge is 0.493 e. The van der Waals surface area contributed by atoms with Gasteiger partial charge in [0.05, 0.1) is 19.8 Å². The fraction of sp³-hybridized carbons (Fsp3) is 0.467. The van der Waals surface area contributed by atoms with Crippen molar-refractivity contribution in [3.05, 3.63) is 18.2 Å². The maximum atomic E-state index is 11.9. The number of hydrogen-bond acceptors (Lipinski definition) is 6. The molecule has 8 heteroatoms. The number of carbonyl (C=O) groups excluding carboxylic acids is 2. The predicted molar refractivity (Wildman–Crippen MR) is 90.2 cm³/mol. The van der Waals surface area contributed by atoms with Crippen molar-refractivity contribution in [2.45, 2.75) is 12.5 Å². The van der Waals surface area contributed by atoms with Gasteiger partial charge in [0.15, 0.2) is 11.5 Å². The molecule has 0 aliphatic carbocycles. The van der Waals surface area contributed by atoms with E-state index in [2.05, 4.69) is 10.6 Å². The minimum atomic E-state index is -1.07. The minimum Gasteiger partial charge on any atom is -0.493 e. The highest BCUT2D eigenvalue weighted by Crippen LogP contribution is 2.29. The Morgan fingerprint density at radius 2 is 1.87 bits per heavy atom. The average molecular weight is 342 g/mol. The second-order valence-electron chi connectivity index (χ2n) is 5.14. The molecule has 1 aromatic carbocycles. The highest BCUT2D eigenvalue weighted by Gasteiger charge is 2.23. The molecule has 0 aliphatic rings. The maximum Gasteiger partial charge on any atom is 0.313 e. The van der Waals surface area contributed by atoms with E-state index in [1.165, 1.54) is 26.0 Å². The van der Waals surface area contributed by atoms with E-state index in [-0.39, 0.29) is 6.54 Å². The van der Waals surface area contributed by atoms with Crippen molar-refractivity contribution in [2.24, 2.45) is 0 Å². The molecule has 0 bridgehead atoms. The summed E-state index contributed by atoms with van der Waals surface area (Å²) in [7, 11) is 2.98. The summed E-state index contributed by atoms with van der Waals surface area (Å²) < 4.78 is 10.2. The summed E-state index contributed by atoms with van der Waals surface area (Å²) in [5.41, 5.74) is -0.669. The van der Waals surface area contributed by atoms with Crippen LogP contribution in [0.2, 0.25) is 0 Å². The SMILES string of the molecule is COc1ccc(NC(=O)C(=O)NC[C@](C)(O)CSC)cc1OC. The van der Waals surface area contributed by atoms with Crippen LogP contribution in [0.4, 0.5) is 5.69 Å². The van der Waals surface area contributed by atoms with Crippen LogP contribution >= 0.6 is 11.8 Å². The van der Waals surface area contributed by atoms with Gasteiger partial charge >= 0.3 is 11.8 Å². The molecule has 0 saturated heterocycles. The van der Waals surface area contributed by atoms with Gasteiger partial charge in [-0.2, -0.15) is 11.8 Å². The van der Waals surface area contributed by atoms with Crippen molar-refractivity contribution in [3.8, 4) is 11.5 Å². The second-order valence-corrected chi connectivity index (χ2v) is 6.00. The average Bonchev–Trinajstić information content (AvgIpc) is 2.52. The third-order valence-corrected chi connectivity index (χ3v) is 3.84. The van der Waals surface area contributed by atoms with E-state index in [0.29, 0.717) is 22.9 Å². The highest BCUT2D eigenvalue weighted by atomic mass is 32.2. The second kappa shape index (κ2) is 8.64. The van der Waals surface area contributed by atoms with E-state index in [1.807, 2.05) is 6.26 Å². The Kier molecular flexibility index (Phi) is 7.18. The first kappa shape index (κ1) is 19.1. The van der Waals surface area contributed by atoms with Crippen LogP contribution in [0.5, 0.6) is 11.5 Å². The zero-order chi connectivity index (χ0) is 17.5. The summed E-state index contributed by atoms with van der Waals surface area (Å²) >= 11 is 1.45. The van der Waals surface area contributed by atoms with Gasteiger partial charge in [-0.3, -0.25) is 9.59 Å². The van der Waals surface area contributed by atoms with Crippen molar-refractivity contribution in [2.75, 3.05) is 38.1 Å². The van der Waals surface area contributed by atoms with Crippen LogP contribution in [0.3, 0.4) is 0 Å². The molecule has 0 saturated carbocycles. The number of benzene rings is 1. The molecule has 1 aromatic rings. The molecule has 23 heavy (non-hydrogen) atoms. The monoisotopic (exact) mass is 342 g/mol. The summed E-state index contributed by atoms with van der Waals surface area (Å²) in [5.74, 6) is -0.236. The molecule has 0 aliphatic heterocycles. The first-order valence-corrected chi connectivity index (χ1v) is 8.25. The predicted octanol–water partition coefficient (Wildman–Crippen LogP) is 0.872. The number of aliphatic hydroxyl groups is 1. The number of thioether (sulfide) groups is 1. The molecular weight excluding hydrogens is 320 g/mol. The van der Waals surface area contributed by atoms with E-state index in [4.69, 9.17) is 9.47 Å². The van der Waals surface area contributed by atoms with Crippen LogP contribution in [-0.4, -0.2) is 55.3 Å². The van der Waals surface area contributed by atoms with Crippen molar-refractivity contribution >= 4 is 29.3 Å². The molecule has 3 N–H and O–H groups in total. The molecule has 0 radical (unpaired) electrons. The van der Waals surface area contributed by atoms with Gasteiger partial charge in [0.2, 0.25) is 0 Å². The van der Waals surface area contributed by atoms with Gasteiger partial charge in [0.1, 0.15) is 0 Å². The van der Waals surface area contributed by atoms with Crippen molar-refractivity contribution in [1.82, 2.24) is 5.32 Å². The summed E-state index contributed by atoms with van der Waals surface area (Å²) in [4.78, 5) is 23.6. The third-order valence-electron chi connectivity index (χ3n) is 2.93. The summed E-state index contributed by atoms with van der Waals surface area (Å²) in [5, 5.41) is 14.8. The third kappa shape index (κ3) is 5.99. The molecule has 0 fully saturated rings. The van der Waals surface area contributed by atoms with Crippen LogP contribution in [0.15, 0.2) is 18.2 Å². The topological polar surface area (TPSA) is 96.9 Å². The van der Waals surface area contributed by atoms with Crippen LogP contribution < -0.4 is 20.1 Å². The molecule has 7 nitrogen and oxygen atoms in total. The number of amides is 2. The number of hydrogen-bond donors (Lipinski definition) is 3. The highest BCUT2D eigenvalue weighted by molar-refractivity contribution is 7.98. The van der Waals surface area contributed by atoms with Crippen LogP contribution in [0.25, 0.3) is 0 Å². The molecule has 0 spiro atoms.